The lowest BCUT2D eigenvalue weighted by atomic mass is 9.77. The molecule has 4 rings (SSSR count). The van der Waals surface area contributed by atoms with Crippen molar-refractivity contribution < 1.29 is 19.4 Å². The van der Waals surface area contributed by atoms with Crippen molar-refractivity contribution in [1.29, 1.82) is 0 Å². The maximum atomic E-state index is 13.5. The summed E-state index contributed by atoms with van der Waals surface area (Å²) in [5.41, 5.74) is 8.06. The molecule has 3 unspecified atom stereocenters. The van der Waals surface area contributed by atoms with Gasteiger partial charge in [0.25, 0.3) is 0 Å². The summed E-state index contributed by atoms with van der Waals surface area (Å²) in [6, 6.07) is 5.98. The maximum Gasteiger partial charge on any atom is 0.223 e. The van der Waals surface area contributed by atoms with Crippen molar-refractivity contribution in [3.8, 4) is 5.75 Å². The summed E-state index contributed by atoms with van der Waals surface area (Å²) in [4.78, 5) is 34.5. The van der Waals surface area contributed by atoms with Gasteiger partial charge in [-0.3, -0.25) is 14.9 Å². The molecule has 0 bridgehead atoms. The number of nitrogens with zero attached hydrogens (tertiary/aromatic N) is 3. The Kier molecular flexibility index (Phi) is 10.0. The van der Waals surface area contributed by atoms with E-state index >= 15 is 0 Å². The van der Waals surface area contributed by atoms with Crippen LogP contribution in [0.1, 0.15) is 76.7 Å². The predicted octanol–water partition coefficient (Wildman–Crippen LogP) is 3.31. The predicted molar refractivity (Wildman–Crippen MR) is 148 cm³/mol. The third-order valence-electron chi connectivity index (χ3n) is 8.48. The summed E-state index contributed by atoms with van der Waals surface area (Å²) < 4.78 is 5.99. The normalized spacial score (nSPS) is 22.5. The second-order valence-electron chi connectivity index (χ2n) is 11.1. The van der Waals surface area contributed by atoms with Crippen LogP contribution >= 0.6 is 0 Å². The van der Waals surface area contributed by atoms with Gasteiger partial charge in [0.1, 0.15) is 11.9 Å². The molecule has 2 saturated carbocycles. The van der Waals surface area contributed by atoms with Crippen LogP contribution in [0.5, 0.6) is 5.75 Å². The number of nitrogens with one attached hydrogen (secondary N) is 1. The number of ketones is 1. The third-order valence-corrected chi connectivity index (χ3v) is 8.48. The van der Waals surface area contributed by atoms with E-state index in [4.69, 9.17) is 10.5 Å². The topological polar surface area (TPSA) is 120 Å². The van der Waals surface area contributed by atoms with E-state index in [-0.39, 0.29) is 30.3 Å². The molecule has 9 heteroatoms. The van der Waals surface area contributed by atoms with Crippen LogP contribution in [-0.4, -0.2) is 71.6 Å². The molecule has 210 valence electrons. The maximum absolute atomic E-state index is 13.5. The number of guanidine groups is 1. The molecule has 0 aromatic heterocycles. The molecule has 1 aromatic carbocycles. The largest absolute Gasteiger partial charge is 0.494 e. The highest BCUT2D eigenvalue weighted by atomic mass is 16.5. The number of carbonyl (C=O) groups is 2. The Bertz CT molecular complexity index is 993. The molecule has 0 radical (unpaired) electrons. The van der Waals surface area contributed by atoms with Gasteiger partial charge in [-0.2, -0.15) is 0 Å². The second kappa shape index (κ2) is 13.4. The number of hydrogen-bond donors (Lipinski definition) is 3. The van der Waals surface area contributed by atoms with E-state index in [9.17, 15) is 14.7 Å². The van der Waals surface area contributed by atoms with E-state index in [2.05, 4.69) is 17.2 Å². The summed E-state index contributed by atoms with van der Waals surface area (Å²) in [6.07, 6.45) is 9.15. The molecule has 2 aliphatic carbocycles. The molecule has 1 aliphatic heterocycles. The first kappa shape index (κ1) is 28.4. The number of carbonyl (C=O) groups excluding carboxylic acids is 2. The molecular formula is C29H45N5O4. The fraction of sp³-hybridized carbons (Fsp3) is 0.690. The molecular weight excluding hydrogens is 482 g/mol. The zero-order valence-corrected chi connectivity index (χ0v) is 23.0. The fourth-order valence-electron chi connectivity index (χ4n) is 6.35. The Morgan fingerprint density at radius 1 is 1.21 bits per heavy atom. The van der Waals surface area contributed by atoms with Crippen molar-refractivity contribution in [3.63, 3.8) is 0 Å². The van der Waals surface area contributed by atoms with E-state index in [0.717, 1.165) is 56.2 Å². The van der Waals surface area contributed by atoms with Crippen molar-refractivity contribution >= 4 is 23.3 Å². The first-order valence-corrected chi connectivity index (χ1v) is 14.4. The van der Waals surface area contributed by atoms with Gasteiger partial charge >= 0.3 is 0 Å². The highest BCUT2D eigenvalue weighted by Crippen LogP contribution is 2.34. The van der Waals surface area contributed by atoms with Crippen LogP contribution in [0.4, 0.5) is 5.69 Å². The lowest BCUT2D eigenvalue weighted by Gasteiger charge is -2.38. The molecule has 38 heavy (non-hydrogen) atoms. The number of hydrogen-bond acceptors (Lipinski definition) is 8. The lowest BCUT2D eigenvalue weighted by Crippen LogP contribution is -2.57. The van der Waals surface area contributed by atoms with E-state index in [1.807, 2.05) is 28.0 Å². The molecule has 1 heterocycles. The summed E-state index contributed by atoms with van der Waals surface area (Å²) in [7, 11) is 1.80. The molecule has 2 fully saturated rings. The minimum Gasteiger partial charge on any atom is -0.494 e. The monoisotopic (exact) mass is 527 g/mol. The van der Waals surface area contributed by atoms with Crippen molar-refractivity contribution in [1.82, 2.24) is 15.1 Å². The number of nitrogens with two attached hydrogens (primary N) is 1. The number of Topliss-reactive ketones (excluding diaryl/α,β-unsaturated/α-hetero) is 1. The Balaban J connectivity index is 1.33. The molecule has 9 nitrogen and oxygen atoms in total. The Labute approximate surface area is 226 Å². The number of ether oxygens (including phenoxy) is 1. The summed E-state index contributed by atoms with van der Waals surface area (Å²) >= 11 is 0. The fourth-order valence-corrected chi connectivity index (χ4v) is 6.35. The molecule has 3 aliphatic rings. The van der Waals surface area contributed by atoms with Gasteiger partial charge in [0.2, 0.25) is 5.91 Å². The van der Waals surface area contributed by atoms with Gasteiger partial charge in [-0.1, -0.05) is 39.0 Å². The van der Waals surface area contributed by atoms with Gasteiger partial charge in [0.05, 0.1) is 25.4 Å². The molecule has 0 saturated heterocycles. The number of aliphatic hydroxyl groups excluding tert-OH is 1. The standard InChI is InChI=1S/C29H45N5O4/c1-20-8-3-6-11-24(20)27(37)28(31-2)34-19-21-18-23(13-14-25(21)32-29(34)30)38-17-7-12-26(36)33(15-16-35)22-9-4-5-10-22/h13-14,18,20,22,24,28,31,35H,3-12,15-17,19H2,1-2H3,(H2,30,32). The van der Waals surface area contributed by atoms with Crippen LogP contribution < -0.4 is 15.8 Å². The zero-order valence-electron chi connectivity index (χ0n) is 23.0. The first-order valence-electron chi connectivity index (χ1n) is 14.4. The highest BCUT2D eigenvalue weighted by molar-refractivity contribution is 5.92. The smallest absolute Gasteiger partial charge is 0.223 e. The van der Waals surface area contributed by atoms with E-state index in [1.54, 1.807) is 7.05 Å². The summed E-state index contributed by atoms with van der Waals surface area (Å²) in [5, 5.41) is 12.6. The van der Waals surface area contributed by atoms with Crippen LogP contribution in [0.3, 0.4) is 0 Å². The summed E-state index contributed by atoms with van der Waals surface area (Å²) in [6.45, 7) is 3.47. The highest BCUT2D eigenvalue weighted by Gasteiger charge is 2.37. The van der Waals surface area contributed by atoms with Crippen LogP contribution in [0, 0.1) is 11.8 Å². The van der Waals surface area contributed by atoms with Gasteiger partial charge in [-0.25, -0.2) is 4.99 Å². The van der Waals surface area contributed by atoms with Gasteiger partial charge in [-0.15, -0.1) is 0 Å². The Hall–Kier alpha value is -2.65. The number of amides is 1. The van der Waals surface area contributed by atoms with Crippen molar-refractivity contribution in [2.24, 2.45) is 22.6 Å². The minimum absolute atomic E-state index is 0.00241. The minimum atomic E-state index is -0.519. The van der Waals surface area contributed by atoms with Crippen molar-refractivity contribution in [2.45, 2.75) is 89.9 Å². The molecule has 0 spiro atoms. The van der Waals surface area contributed by atoms with Crippen molar-refractivity contribution in [2.75, 3.05) is 26.8 Å². The molecule has 4 N–H and O–H groups in total. The van der Waals surface area contributed by atoms with Gasteiger partial charge in [0, 0.05) is 30.5 Å². The quantitative estimate of drug-likeness (QED) is 0.357. The van der Waals surface area contributed by atoms with E-state index in [0.29, 0.717) is 50.2 Å². The SMILES string of the molecule is CNC(C(=O)C1CCCCC1C)N1Cc2cc(OCCCC(=O)N(CCO)C3CCCC3)ccc2N=C1N. The number of aliphatic imine (C=N–C) groups is 1. The van der Waals surface area contributed by atoms with E-state index in [1.165, 1.54) is 6.42 Å². The zero-order chi connectivity index (χ0) is 27.1. The Morgan fingerprint density at radius 3 is 2.66 bits per heavy atom. The number of benzene rings is 1. The second-order valence-corrected chi connectivity index (χ2v) is 11.1. The number of likely N-dealkylation sites (N-methyl/N-ethyl adjacent to an activating group) is 1. The third kappa shape index (κ3) is 6.67. The van der Waals surface area contributed by atoms with Crippen molar-refractivity contribution in [3.05, 3.63) is 23.8 Å². The average molecular weight is 528 g/mol. The van der Waals surface area contributed by atoms with Crippen LogP contribution in [0.15, 0.2) is 23.2 Å². The van der Waals surface area contributed by atoms with Gasteiger partial charge in [0.15, 0.2) is 11.7 Å². The van der Waals surface area contributed by atoms with E-state index < -0.39 is 6.17 Å². The number of aliphatic hydroxyl groups is 1. The average Bonchev–Trinajstić information content (AvgIpc) is 3.45. The molecule has 1 aromatic rings. The molecule has 3 atom stereocenters. The summed E-state index contributed by atoms with van der Waals surface area (Å²) in [5.74, 6) is 1.75. The lowest BCUT2D eigenvalue weighted by molar-refractivity contribution is -0.134. The van der Waals surface area contributed by atoms with Gasteiger partial charge in [-0.05, 0) is 56.8 Å². The number of rotatable bonds is 12. The van der Waals surface area contributed by atoms with Gasteiger partial charge < -0.3 is 25.4 Å². The Morgan fingerprint density at radius 2 is 1.95 bits per heavy atom. The first-order chi connectivity index (χ1) is 18.4. The van der Waals surface area contributed by atoms with Crippen LogP contribution in [0.25, 0.3) is 0 Å². The number of fused-ring (bicyclic) bond motifs is 1. The van der Waals surface area contributed by atoms with Crippen LogP contribution in [0.2, 0.25) is 0 Å². The van der Waals surface area contributed by atoms with Crippen LogP contribution in [-0.2, 0) is 16.1 Å². The molecule has 1 amide bonds.